The van der Waals surface area contributed by atoms with E-state index in [9.17, 15) is 0 Å². The first kappa shape index (κ1) is 22.3. The van der Waals surface area contributed by atoms with Crippen molar-refractivity contribution in [3.63, 3.8) is 0 Å². The van der Waals surface area contributed by atoms with Crippen LogP contribution < -0.4 is 15.4 Å². The summed E-state index contributed by atoms with van der Waals surface area (Å²) in [7, 11) is 3.81. The number of hydrogen-bond acceptors (Lipinski definition) is 2. The topological polar surface area (TPSA) is 50.6 Å². The number of hydrogen-bond donors (Lipinski definition) is 2. The van der Waals surface area contributed by atoms with Crippen molar-refractivity contribution in [3.8, 4) is 5.75 Å². The maximum atomic E-state index is 5.74. The molecule has 0 bridgehead atoms. The van der Waals surface area contributed by atoms with E-state index in [1.165, 1.54) is 11.1 Å². The van der Waals surface area contributed by atoms with Gasteiger partial charge in [0.2, 0.25) is 0 Å². The van der Waals surface area contributed by atoms with Crippen LogP contribution >= 0.6 is 24.0 Å². The first-order chi connectivity index (χ1) is 12.0. The van der Waals surface area contributed by atoms with Gasteiger partial charge in [0.1, 0.15) is 5.75 Å². The van der Waals surface area contributed by atoms with Gasteiger partial charge >= 0.3 is 0 Å². The number of aryl methyl sites for hydroxylation is 1. The second kappa shape index (κ2) is 11.1. The molecule has 0 fully saturated rings. The Morgan fingerprint density at radius 3 is 2.38 bits per heavy atom. The number of nitrogens with one attached hydrogen (secondary N) is 2. The Kier molecular flexibility index (Phi) is 9.54. The predicted molar refractivity (Wildman–Crippen MR) is 119 cm³/mol. The Bertz CT molecular complexity index is 679. The summed E-state index contributed by atoms with van der Waals surface area (Å²) in [4.78, 5) is 4.30. The third kappa shape index (κ3) is 7.27. The molecule has 1 aromatic heterocycles. The molecule has 1 unspecified atom stereocenters. The van der Waals surface area contributed by atoms with Gasteiger partial charge in [-0.2, -0.15) is 0 Å². The van der Waals surface area contributed by atoms with E-state index < -0.39 is 0 Å². The summed E-state index contributed by atoms with van der Waals surface area (Å²) >= 11 is 0. The van der Waals surface area contributed by atoms with E-state index in [0.29, 0.717) is 5.92 Å². The molecular weight excluding hydrogens is 439 g/mol. The fourth-order valence-corrected chi connectivity index (χ4v) is 2.45. The minimum absolute atomic E-state index is 0. The van der Waals surface area contributed by atoms with E-state index >= 15 is 0 Å². The SMILES string of the molecule is CN=C(NCc1ccn(C)c1)NC(C)c1ccc(OCC(C)C)cc1.I. The molecule has 0 saturated carbocycles. The number of rotatable bonds is 7. The fraction of sp³-hybridized carbons (Fsp3) is 0.450. The summed E-state index contributed by atoms with van der Waals surface area (Å²) in [6.07, 6.45) is 4.14. The van der Waals surface area contributed by atoms with Crippen molar-refractivity contribution in [1.29, 1.82) is 0 Å². The fourth-order valence-electron chi connectivity index (χ4n) is 2.45. The summed E-state index contributed by atoms with van der Waals surface area (Å²) in [6.45, 7) is 7.90. The van der Waals surface area contributed by atoms with Crippen LogP contribution in [-0.2, 0) is 13.6 Å². The van der Waals surface area contributed by atoms with Gasteiger partial charge in [-0.05, 0) is 42.2 Å². The molecule has 26 heavy (non-hydrogen) atoms. The molecule has 0 spiro atoms. The van der Waals surface area contributed by atoms with Crippen LogP contribution in [0.5, 0.6) is 5.75 Å². The zero-order valence-corrected chi connectivity index (χ0v) is 18.7. The maximum absolute atomic E-state index is 5.74. The molecule has 0 aliphatic heterocycles. The summed E-state index contributed by atoms with van der Waals surface area (Å²) in [5.74, 6) is 2.23. The maximum Gasteiger partial charge on any atom is 0.191 e. The molecular formula is C20H31IN4O. The monoisotopic (exact) mass is 470 g/mol. The van der Waals surface area contributed by atoms with Gasteiger partial charge in [-0.25, -0.2) is 0 Å². The van der Waals surface area contributed by atoms with Crippen LogP contribution in [0.2, 0.25) is 0 Å². The van der Waals surface area contributed by atoms with Crippen molar-refractivity contribution in [2.75, 3.05) is 13.7 Å². The molecule has 0 aliphatic carbocycles. The van der Waals surface area contributed by atoms with E-state index in [2.05, 4.69) is 60.8 Å². The lowest BCUT2D eigenvalue weighted by molar-refractivity contribution is 0.271. The second-order valence-electron chi connectivity index (χ2n) is 6.75. The smallest absolute Gasteiger partial charge is 0.191 e. The molecule has 6 heteroatoms. The number of nitrogens with zero attached hydrogens (tertiary/aromatic N) is 2. The lowest BCUT2D eigenvalue weighted by Crippen LogP contribution is -2.38. The first-order valence-electron chi connectivity index (χ1n) is 8.78. The third-order valence-corrected chi connectivity index (χ3v) is 3.89. The van der Waals surface area contributed by atoms with Crippen LogP contribution in [0.15, 0.2) is 47.7 Å². The van der Waals surface area contributed by atoms with Crippen molar-refractivity contribution >= 4 is 29.9 Å². The molecule has 0 saturated heterocycles. The average Bonchev–Trinajstić information content (AvgIpc) is 3.02. The minimum Gasteiger partial charge on any atom is -0.493 e. The van der Waals surface area contributed by atoms with Crippen molar-refractivity contribution in [2.45, 2.75) is 33.4 Å². The Labute approximate surface area is 174 Å². The van der Waals surface area contributed by atoms with Gasteiger partial charge in [-0.15, -0.1) is 24.0 Å². The summed E-state index contributed by atoms with van der Waals surface area (Å²) in [5, 5.41) is 6.77. The lowest BCUT2D eigenvalue weighted by Gasteiger charge is -2.18. The summed E-state index contributed by atoms with van der Waals surface area (Å²) in [5.41, 5.74) is 2.42. The number of aliphatic imine (C=N–C) groups is 1. The zero-order chi connectivity index (χ0) is 18.2. The van der Waals surface area contributed by atoms with Gasteiger partial charge in [0.15, 0.2) is 5.96 Å². The highest BCUT2D eigenvalue weighted by molar-refractivity contribution is 14.0. The molecule has 1 aromatic carbocycles. The number of guanidine groups is 1. The van der Waals surface area contributed by atoms with Crippen LogP contribution in [0.25, 0.3) is 0 Å². The largest absolute Gasteiger partial charge is 0.493 e. The van der Waals surface area contributed by atoms with Gasteiger partial charge in [0.25, 0.3) is 0 Å². The molecule has 0 aliphatic rings. The Morgan fingerprint density at radius 2 is 1.85 bits per heavy atom. The standard InChI is InChI=1S/C20H30N4O.HI/c1-15(2)14-25-19-8-6-18(7-9-19)16(3)23-20(21-4)22-12-17-10-11-24(5)13-17;/h6-11,13,15-16H,12,14H2,1-5H3,(H2,21,22,23);1H. The number of ether oxygens (including phenoxy) is 1. The third-order valence-electron chi connectivity index (χ3n) is 3.89. The zero-order valence-electron chi connectivity index (χ0n) is 16.3. The van der Waals surface area contributed by atoms with E-state index in [1.54, 1.807) is 7.05 Å². The molecule has 1 heterocycles. The lowest BCUT2D eigenvalue weighted by atomic mass is 10.1. The van der Waals surface area contributed by atoms with Crippen LogP contribution in [0.4, 0.5) is 0 Å². The number of benzene rings is 1. The van der Waals surface area contributed by atoms with Crippen LogP contribution in [-0.4, -0.2) is 24.2 Å². The van der Waals surface area contributed by atoms with E-state index in [4.69, 9.17) is 4.74 Å². The predicted octanol–water partition coefficient (Wildman–Crippen LogP) is 4.10. The van der Waals surface area contributed by atoms with E-state index in [-0.39, 0.29) is 30.0 Å². The van der Waals surface area contributed by atoms with Crippen molar-refractivity contribution in [2.24, 2.45) is 18.0 Å². The minimum atomic E-state index is 0. The molecule has 144 valence electrons. The molecule has 2 aromatic rings. The van der Waals surface area contributed by atoms with Crippen LogP contribution in [0, 0.1) is 5.92 Å². The van der Waals surface area contributed by atoms with Crippen LogP contribution in [0.3, 0.4) is 0 Å². The average molecular weight is 470 g/mol. The molecule has 2 rings (SSSR count). The van der Waals surface area contributed by atoms with Crippen molar-refractivity contribution in [1.82, 2.24) is 15.2 Å². The quantitative estimate of drug-likeness (QED) is 0.364. The highest BCUT2D eigenvalue weighted by Gasteiger charge is 2.08. The van der Waals surface area contributed by atoms with Crippen molar-refractivity contribution in [3.05, 3.63) is 53.9 Å². The van der Waals surface area contributed by atoms with E-state index in [0.717, 1.165) is 24.9 Å². The van der Waals surface area contributed by atoms with Gasteiger partial charge in [0.05, 0.1) is 12.6 Å². The molecule has 1 atom stereocenters. The Balaban J connectivity index is 0.00000338. The Morgan fingerprint density at radius 1 is 1.15 bits per heavy atom. The normalized spacial score (nSPS) is 12.5. The number of aromatic nitrogens is 1. The van der Waals surface area contributed by atoms with Gasteiger partial charge in [0, 0.05) is 33.0 Å². The van der Waals surface area contributed by atoms with E-state index in [1.807, 2.05) is 29.9 Å². The van der Waals surface area contributed by atoms with Gasteiger partial charge < -0.3 is 19.9 Å². The Hall–Kier alpha value is -1.70. The molecule has 5 nitrogen and oxygen atoms in total. The highest BCUT2D eigenvalue weighted by atomic mass is 127. The van der Waals surface area contributed by atoms with Crippen molar-refractivity contribution < 1.29 is 4.74 Å². The summed E-state index contributed by atoms with van der Waals surface area (Å²) < 4.78 is 7.78. The molecule has 0 amide bonds. The van der Waals surface area contributed by atoms with Gasteiger partial charge in [-0.3, -0.25) is 4.99 Å². The number of halogens is 1. The second-order valence-corrected chi connectivity index (χ2v) is 6.75. The molecule has 2 N–H and O–H groups in total. The van der Waals surface area contributed by atoms with Gasteiger partial charge in [-0.1, -0.05) is 26.0 Å². The molecule has 0 radical (unpaired) electrons. The van der Waals surface area contributed by atoms with Crippen LogP contribution in [0.1, 0.15) is 37.9 Å². The highest BCUT2D eigenvalue weighted by Crippen LogP contribution is 2.18. The first-order valence-corrected chi connectivity index (χ1v) is 8.78. The summed E-state index contributed by atoms with van der Waals surface area (Å²) in [6, 6.07) is 10.5.